The van der Waals surface area contributed by atoms with Crippen LogP contribution in [-0.2, 0) is 18.9 Å². The van der Waals surface area contributed by atoms with Crippen molar-refractivity contribution < 1.29 is 38.1 Å². The lowest BCUT2D eigenvalue weighted by Crippen LogP contribution is -2.42. The Morgan fingerprint density at radius 3 is 0.924 bits per heavy atom. The summed E-state index contributed by atoms with van der Waals surface area (Å²) in [5.74, 6) is -2.72. The van der Waals surface area contributed by atoms with Crippen LogP contribution in [-0.4, -0.2) is 53.4 Å². The van der Waals surface area contributed by atoms with Gasteiger partial charge in [-0.05, 0) is 93.0 Å². The van der Waals surface area contributed by atoms with Crippen LogP contribution in [0.25, 0.3) is 44.5 Å². The first-order valence-electron chi connectivity index (χ1n) is 21.4. The first-order valence-corrected chi connectivity index (χ1v) is 22.4. The predicted octanol–water partition coefficient (Wildman–Crippen LogP) is 12.3. The number of carbonyl (C=O) groups excluding carboxylic acids is 4. The van der Waals surface area contributed by atoms with E-state index in [0.717, 1.165) is 56.3 Å². The molecule has 0 spiro atoms. The molecule has 8 nitrogen and oxygen atoms in total. The molecule has 1 fully saturated rings. The van der Waals surface area contributed by atoms with Gasteiger partial charge in [-0.15, -0.1) is 11.8 Å². The predicted molar refractivity (Wildman–Crippen MR) is 257 cm³/mol. The molecule has 0 N–H and O–H groups in total. The van der Waals surface area contributed by atoms with E-state index in [9.17, 15) is 19.2 Å². The topological polar surface area (TPSA) is 105 Å². The average molecular weight is 887 g/mol. The molecule has 0 bridgehead atoms. The van der Waals surface area contributed by atoms with Gasteiger partial charge in [0, 0.05) is 0 Å². The van der Waals surface area contributed by atoms with E-state index in [2.05, 4.69) is 0 Å². The number of hydrogen-bond acceptors (Lipinski definition) is 9. The van der Waals surface area contributed by atoms with Gasteiger partial charge in [-0.3, -0.25) is 0 Å². The molecule has 0 aromatic heterocycles. The minimum Gasteiger partial charge on any atom is -0.461 e. The quantitative estimate of drug-likeness (QED) is 0.0826. The molecule has 66 heavy (non-hydrogen) atoms. The van der Waals surface area contributed by atoms with E-state index >= 15 is 0 Å². The molecular formula is C57H42O8S. The molecule has 0 radical (unpaired) electrons. The molecule has 9 rings (SSSR count). The largest absolute Gasteiger partial charge is 0.461 e. The molecular weight excluding hydrogens is 845 g/mol. The zero-order chi connectivity index (χ0) is 45.2. The first-order chi connectivity index (χ1) is 32.4. The van der Waals surface area contributed by atoms with E-state index in [1.165, 1.54) is 0 Å². The van der Waals surface area contributed by atoms with Gasteiger partial charge in [0.05, 0.1) is 27.5 Å². The maximum Gasteiger partial charge on any atom is 0.339 e. The van der Waals surface area contributed by atoms with Crippen molar-refractivity contribution in [1.82, 2.24) is 0 Å². The van der Waals surface area contributed by atoms with Crippen molar-refractivity contribution in [3.05, 3.63) is 241 Å². The average Bonchev–Trinajstić information content (AvgIpc) is 3.70. The van der Waals surface area contributed by atoms with Gasteiger partial charge in [-0.25, -0.2) is 19.2 Å². The Kier molecular flexibility index (Phi) is 13.3. The summed E-state index contributed by atoms with van der Waals surface area (Å²) in [6.07, 6.45) is -2.54. The van der Waals surface area contributed by atoms with Gasteiger partial charge >= 0.3 is 23.9 Å². The zero-order valence-corrected chi connectivity index (χ0v) is 36.3. The van der Waals surface area contributed by atoms with E-state index < -0.39 is 46.8 Å². The summed E-state index contributed by atoms with van der Waals surface area (Å²) in [4.78, 5) is 55.7. The maximum absolute atomic E-state index is 14.1. The lowest BCUT2D eigenvalue weighted by molar-refractivity contribution is -0.0607. The second-order valence-electron chi connectivity index (χ2n) is 15.6. The molecule has 8 aromatic rings. The third-order valence-electron chi connectivity index (χ3n) is 11.3. The normalized spacial score (nSPS) is 16.4. The SMILES string of the molecule is O=C(OC[C@H]1SC(OC(=O)c2ccc(-c3ccccc3)cc2)[C@H](OC(=O)c2ccc(-c3ccccc3)cc2)[C@H]1OC(=O)c1ccc(-c2ccccc2)cc1)c1ccc(-c2ccccc2)cc1. The molecule has 8 aromatic carbocycles. The van der Waals surface area contributed by atoms with Crippen molar-refractivity contribution in [3.63, 3.8) is 0 Å². The third-order valence-corrected chi connectivity index (χ3v) is 12.7. The highest BCUT2D eigenvalue weighted by atomic mass is 32.2. The number of ether oxygens (including phenoxy) is 4. The smallest absolute Gasteiger partial charge is 0.339 e. The number of esters is 4. The van der Waals surface area contributed by atoms with Crippen LogP contribution in [0.2, 0.25) is 0 Å². The fourth-order valence-electron chi connectivity index (χ4n) is 7.70. The highest BCUT2D eigenvalue weighted by Crippen LogP contribution is 2.41. The van der Waals surface area contributed by atoms with Gasteiger partial charge in [0.2, 0.25) is 0 Å². The Labute approximate surface area is 386 Å². The van der Waals surface area contributed by atoms with Crippen LogP contribution in [0.5, 0.6) is 0 Å². The summed E-state index contributed by atoms with van der Waals surface area (Å²) in [7, 11) is 0. The third kappa shape index (κ3) is 10.2. The van der Waals surface area contributed by atoms with Crippen molar-refractivity contribution in [2.45, 2.75) is 22.9 Å². The minimum absolute atomic E-state index is 0.233. The van der Waals surface area contributed by atoms with Crippen molar-refractivity contribution in [2.75, 3.05) is 6.61 Å². The number of rotatable bonds is 13. The van der Waals surface area contributed by atoms with Gasteiger partial charge < -0.3 is 18.9 Å². The zero-order valence-electron chi connectivity index (χ0n) is 35.5. The highest BCUT2D eigenvalue weighted by Gasteiger charge is 2.52. The second-order valence-corrected chi connectivity index (χ2v) is 16.9. The summed E-state index contributed by atoms with van der Waals surface area (Å²) in [5.41, 5.74) is 7.45. The van der Waals surface area contributed by atoms with Crippen LogP contribution in [0.15, 0.2) is 218 Å². The van der Waals surface area contributed by atoms with E-state index in [4.69, 9.17) is 18.9 Å². The highest BCUT2D eigenvalue weighted by molar-refractivity contribution is 8.00. The molecule has 0 aliphatic carbocycles. The first kappa shape index (κ1) is 43.3. The van der Waals surface area contributed by atoms with Crippen LogP contribution in [0.1, 0.15) is 41.4 Å². The van der Waals surface area contributed by atoms with Crippen molar-refractivity contribution in [3.8, 4) is 44.5 Å². The summed E-state index contributed by atoms with van der Waals surface area (Å²) in [6, 6.07) is 67.0. The summed E-state index contributed by atoms with van der Waals surface area (Å²) in [5, 5.41) is -0.832. The Balaban J connectivity index is 1.00. The van der Waals surface area contributed by atoms with Crippen LogP contribution in [0, 0.1) is 0 Å². The Bertz CT molecular complexity index is 2910. The molecule has 0 amide bonds. The molecule has 1 aliphatic heterocycles. The number of benzene rings is 8. The van der Waals surface area contributed by atoms with E-state index in [0.29, 0.717) is 5.56 Å². The van der Waals surface area contributed by atoms with Gasteiger partial charge in [-0.2, -0.15) is 0 Å². The van der Waals surface area contributed by atoms with Crippen molar-refractivity contribution in [1.29, 1.82) is 0 Å². The van der Waals surface area contributed by atoms with Crippen LogP contribution < -0.4 is 0 Å². The molecule has 1 saturated heterocycles. The Morgan fingerprint density at radius 1 is 0.318 bits per heavy atom. The lowest BCUT2D eigenvalue weighted by Gasteiger charge is -2.25. The molecule has 324 valence electrons. The number of hydrogen-bond donors (Lipinski definition) is 0. The van der Waals surface area contributed by atoms with E-state index in [-0.39, 0.29) is 23.3 Å². The minimum atomic E-state index is -1.31. The number of thioether (sulfide) groups is 1. The lowest BCUT2D eigenvalue weighted by atomic mass is 10.0. The van der Waals surface area contributed by atoms with Gasteiger partial charge in [0.15, 0.2) is 17.6 Å². The molecule has 1 heterocycles. The molecule has 4 atom stereocenters. The molecule has 1 aliphatic rings. The van der Waals surface area contributed by atoms with Crippen molar-refractivity contribution in [2.24, 2.45) is 0 Å². The fraction of sp³-hybridized carbons (Fsp3) is 0.0877. The monoisotopic (exact) mass is 886 g/mol. The van der Waals surface area contributed by atoms with E-state index in [1.54, 1.807) is 48.5 Å². The van der Waals surface area contributed by atoms with Crippen molar-refractivity contribution >= 4 is 35.6 Å². The standard InChI is InChI=1S/C57H42O8S/c58-53(46-29-21-42(22-30-46)38-13-5-1-6-14-38)62-37-50-51(63-54(59)47-31-23-43(24-32-47)39-15-7-2-8-16-39)52(64-55(60)48-33-25-44(26-34-48)40-17-9-3-10-18-40)57(66-50)65-56(61)49-35-27-45(28-36-49)41-19-11-4-12-20-41/h1-36,50-52,57H,37H2/t50-,51+,52-,57?/m1/s1. The Morgan fingerprint density at radius 2 is 0.591 bits per heavy atom. The summed E-state index contributed by atoms with van der Waals surface area (Å²) >= 11 is 1.09. The second kappa shape index (κ2) is 20.2. The summed E-state index contributed by atoms with van der Waals surface area (Å²) in [6.45, 7) is -0.269. The van der Waals surface area contributed by atoms with Crippen LogP contribution in [0.3, 0.4) is 0 Å². The Hall–Kier alpha value is -8.01. The summed E-state index contributed by atoms with van der Waals surface area (Å²) < 4.78 is 24.5. The number of carbonyl (C=O) groups is 4. The van der Waals surface area contributed by atoms with Gasteiger partial charge in [0.25, 0.3) is 0 Å². The molecule has 0 saturated carbocycles. The molecule has 1 unspecified atom stereocenters. The van der Waals surface area contributed by atoms with Crippen LogP contribution in [0.4, 0.5) is 0 Å². The van der Waals surface area contributed by atoms with E-state index in [1.807, 2.05) is 170 Å². The molecule has 9 heteroatoms. The maximum atomic E-state index is 14.1. The van der Waals surface area contributed by atoms with Gasteiger partial charge in [-0.1, -0.05) is 170 Å². The van der Waals surface area contributed by atoms with Crippen LogP contribution >= 0.6 is 11.8 Å². The van der Waals surface area contributed by atoms with Gasteiger partial charge in [0.1, 0.15) is 6.61 Å². The fourth-order valence-corrected chi connectivity index (χ4v) is 9.07.